The number of nitrogens with zero attached hydrogens (tertiary/aromatic N) is 2. The van der Waals surface area contributed by atoms with Crippen molar-refractivity contribution in [2.24, 2.45) is 0 Å². The van der Waals surface area contributed by atoms with Crippen LogP contribution in [0.3, 0.4) is 0 Å². The Balaban J connectivity index is 1.91. The molecule has 0 radical (unpaired) electrons. The Hall–Kier alpha value is -3.12. The molecule has 3 rings (SSSR count). The third-order valence-electron chi connectivity index (χ3n) is 6.58. The molecule has 0 aliphatic carbocycles. The summed E-state index contributed by atoms with van der Waals surface area (Å²) in [5.41, 5.74) is 2.19. The molecule has 0 saturated carbocycles. The summed E-state index contributed by atoms with van der Waals surface area (Å²) >= 11 is 0. The summed E-state index contributed by atoms with van der Waals surface area (Å²) in [6, 6.07) is 13.0. The average Bonchev–Trinajstić information content (AvgIpc) is 3.10. The zero-order valence-corrected chi connectivity index (χ0v) is 21.2. The largest absolute Gasteiger partial charge is 0.508 e. The summed E-state index contributed by atoms with van der Waals surface area (Å²) < 4.78 is 0. The first-order valence-electron chi connectivity index (χ1n) is 12.7. The minimum absolute atomic E-state index is 0.0498. The van der Waals surface area contributed by atoms with Gasteiger partial charge in [-0.1, -0.05) is 68.7 Å². The van der Waals surface area contributed by atoms with Gasteiger partial charge in [0.05, 0.1) is 11.6 Å². The minimum Gasteiger partial charge on any atom is -0.508 e. The van der Waals surface area contributed by atoms with Crippen molar-refractivity contribution in [3.8, 4) is 5.75 Å². The molecule has 1 amide bonds. The number of likely N-dealkylation sites (tertiary alicyclic amines) is 1. The summed E-state index contributed by atoms with van der Waals surface area (Å²) in [5.74, 6) is -1.44. The Bertz CT molecular complexity index is 1040. The van der Waals surface area contributed by atoms with Crippen LogP contribution in [-0.2, 0) is 9.59 Å². The van der Waals surface area contributed by atoms with Crippen LogP contribution in [0.5, 0.6) is 5.75 Å². The van der Waals surface area contributed by atoms with Crippen LogP contribution in [0.2, 0.25) is 0 Å². The molecular formula is C29H38N2O4. The number of unbranched alkanes of at least 4 members (excludes halogenated alkanes) is 2. The van der Waals surface area contributed by atoms with Crippen molar-refractivity contribution in [2.45, 2.75) is 58.9 Å². The fourth-order valence-corrected chi connectivity index (χ4v) is 4.58. The van der Waals surface area contributed by atoms with Crippen LogP contribution in [0.15, 0.2) is 54.1 Å². The number of aromatic hydroxyl groups is 1. The van der Waals surface area contributed by atoms with Crippen LogP contribution >= 0.6 is 0 Å². The first-order valence-corrected chi connectivity index (χ1v) is 12.7. The van der Waals surface area contributed by atoms with E-state index in [1.165, 1.54) is 0 Å². The molecule has 1 fully saturated rings. The van der Waals surface area contributed by atoms with Crippen molar-refractivity contribution in [3.63, 3.8) is 0 Å². The predicted molar refractivity (Wildman–Crippen MR) is 139 cm³/mol. The van der Waals surface area contributed by atoms with Gasteiger partial charge in [-0.05, 0) is 63.5 Å². The van der Waals surface area contributed by atoms with E-state index in [0.29, 0.717) is 17.7 Å². The SMILES string of the molecule is CCCCN(CCCC)CCCN1C(=O)C(=O)C(=C(O)c2ccc(C)cc2)C1c1cccc(O)c1. The molecule has 0 bridgehead atoms. The molecule has 2 aromatic rings. The number of rotatable bonds is 12. The number of hydrogen-bond acceptors (Lipinski definition) is 5. The molecule has 2 aromatic carbocycles. The van der Waals surface area contributed by atoms with Crippen molar-refractivity contribution in [1.82, 2.24) is 9.80 Å². The lowest BCUT2D eigenvalue weighted by Crippen LogP contribution is -2.34. The van der Waals surface area contributed by atoms with Crippen molar-refractivity contribution < 1.29 is 19.8 Å². The number of phenolic OH excluding ortho intramolecular Hbond substituents is 1. The van der Waals surface area contributed by atoms with Gasteiger partial charge in [-0.3, -0.25) is 9.59 Å². The maximum atomic E-state index is 13.2. The number of Topliss-reactive ketones (excluding diaryl/α,β-unsaturated/α-hetero) is 1. The summed E-state index contributed by atoms with van der Waals surface area (Å²) in [6.07, 6.45) is 5.25. The molecule has 1 aliphatic rings. The van der Waals surface area contributed by atoms with Gasteiger partial charge in [-0.2, -0.15) is 0 Å². The zero-order valence-electron chi connectivity index (χ0n) is 21.2. The second kappa shape index (κ2) is 12.5. The van der Waals surface area contributed by atoms with Gasteiger partial charge in [0.1, 0.15) is 11.5 Å². The summed E-state index contributed by atoms with van der Waals surface area (Å²) in [6.45, 7) is 9.59. The Morgan fingerprint density at radius 3 is 2.17 bits per heavy atom. The van der Waals surface area contributed by atoms with Crippen LogP contribution in [0, 0.1) is 6.92 Å². The van der Waals surface area contributed by atoms with Gasteiger partial charge >= 0.3 is 0 Å². The number of phenols is 1. The molecule has 6 heteroatoms. The quantitative estimate of drug-likeness (QED) is 0.242. The first-order chi connectivity index (χ1) is 16.9. The number of ketones is 1. The monoisotopic (exact) mass is 478 g/mol. The van der Waals surface area contributed by atoms with E-state index < -0.39 is 17.7 Å². The Morgan fingerprint density at radius 2 is 1.57 bits per heavy atom. The minimum atomic E-state index is -0.747. The second-order valence-electron chi connectivity index (χ2n) is 9.36. The van der Waals surface area contributed by atoms with Gasteiger partial charge in [0.15, 0.2) is 0 Å². The van der Waals surface area contributed by atoms with Gasteiger partial charge < -0.3 is 20.0 Å². The highest BCUT2D eigenvalue weighted by molar-refractivity contribution is 6.46. The highest BCUT2D eigenvalue weighted by Gasteiger charge is 2.45. The van der Waals surface area contributed by atoms with Crippen LogP contribution < -0.4 is 0 Å². The van der Waals surface area contributed by atoms with Gasteiger partial charge in [-0.15, -0.1) is 0 Å². The number of amides is 1. The zero-order chi connectivity index (χ0) is 25.4. The van der Waals surface area contributed by atoms with Gasteiger partial charge in [-0.25, -0.2) is 0 Å². The maximum absolute atomic E-state index is 13.2. The molecule has 6 nitrogen and oxygen atoms in total. The van der Waals surface area contributed by atoms with Crippen molar-refractivity contribution in [2.75, 3.05) is 26.2 Å². The highest BCUT2D eigenvalue weighted by Crippen LogP contribution is 2.40. The lowest BCUT2D eigenvalue weighted by atomic mass is 9.95. The van der Waals surface area contributed by atoms with Crippen LogP contribution in [0.1, 0.15) is 68.7 Å². The van der Waals surface area contributed by atoms with Crippen LogP contribution in [0.25, 0.3) is 5.76 Å². The van der Waals surface area contributed by atoms with Gasteiger partial charge in [0, 0.05) is 12.1 Å². The number of hydrogen-bond donors (Lipinski definition) is 2. The summed E-state index contributed by atoms with van der Waals surface area (Å²) in [7, 11) is 0. The lowest BCUT2D eigenvalue weighted by molar-refractivity contribution is -0.140. The molecule has 2 N–H and O–H groups in total. The van der Waals surface area contributed by atoms with Crippen molar-refractivity contribution >= 4 is 17.4 Å². The normalized spacial score (nSPS) is 17.5. The van der Waals surface area contributed by atoms with E-state index in [1.54, 1.807) is 41.3 Å². The summed E-state index contributed by atoms with van der Waals surface area (Å²) in [5, 5.41) is 21.2. The first kappa shape index (κ1) is 26.5. The van der Waals surface area contributed by atoms with Crippen LogP contribution in [0.4, 0.5) is 0 Å². The van der Waals surface area contributed by atoms with Crippen molar-refractivity contribution in [1.29, 1.82) is 0 Å². The molecule has 1 saturated heterocycles. The molecule has 35 heavy (non-hydrogen) atoms. The number of aliphatic hydroxyl groups is 1. The third kappa shape index (κ3) is 6.51. The second-order valence-corrected chi connectivity index (χ2v) is 9.36. The average molecular weight is 479 g/mol. The molecular weight excluding hydrogens is 440 g/mol. The van der Waals surface area contributed by atoms with E-state index in [1.807, 2.05) is 19.1 Å². The topological polar surface area (TPSA) is 81.1 Å². The van der Waals surface area contributed by atoms with E-state index in [0.717, 1.165) is 57.3 Å². The lowest BCUT2D eigenvalue weighted by Gasteiger charge is -2.27. The molecule has 0 spiro atoms. The van der Waals surface area contributed by atoms with Gasteiger partial charge in [0.2, 0.25) is 0 Å². The predicted octanol–water partition coefficient (Wildman–Crippen LogP) is 5.41. The van der Waals surface area contributed by atoms with Crippen LogP contribution in [-0.4, -0.2) is 57.9 Å². The summed E-state index contributed by atoms with van der Waals surface area (Å²) in [4.78, 5) is 30.3. The molecule has 1 unspecified atom stereocenters. The fourth-order valence-electron chi connectivity index (χ4n) is 4.58. The standard InChI is InChI=1S/C29H38N2O4/c1-4-6-16-30(17-7-5-2)18-9-19-31-26(23-10-8-11-24(32)20-23)25(28(34)29(31)35)27(33)22-14-12-21(3)13-15-22/h8,10-15,20,26,32-33H,4-7,9,16-19H2,1-3H3. The molecule has 1 aliphatic heterocycles. The number of aliphatic hydroxyl groups excluding tert-OH is 1. The van der Waals surface area contributed by atoms with E-state index in [2.05, 4.69) is 18.7 Å². The molecule has 0 aromatic heterocycles. The van der Waals surface area contributed by atoms with E-state index in [9.17, 15) is 19.8 Å². The molecule has 1 heterocycles. The van der Waals surface area contributed by atoms with Crippen molar-refractivity contribution in [3.05, 3.63) is 70.8 Å². The Kier molecular flexibility index (Phi) is 9.49. The Labute approximate surface area is 208 Å². The maximum Gasteiger partial charge on any atom is 0.295 e. The number of aryl methyl sites for hydroxylation is 1. The molecule has 188 valence electrons. The fraction of sp³-hybridized carbons (Fsp3) is 0.448. The third-order valence-corrected chi connectivity index (χ3v) is 6.58. The van der Waals surface area contributed by atoms with E-state index >= 15 is 0 Å². The van der Waals surface area contributed by atoms with Gasteiger partial charge in [0.25, 0.3) is 11.7 Å². The number of carbonyl (C=O) groups excluding carboxylic acids is 2. The van der Waals surface area contributed by atoms with E-state index in [-0.39, 0.29) is 17.1 Å². The Morgan fingerprint density at radius 1 is 0.943 bits per heavy atom. The highest BCUT2D eigenvalue weighted by atomic mass is 16.3. The number of carbonyl (C=O) groups is 2. The number of benzene rings is 2. The smallest absolute Gasteiger partial charge is 0.295 e. The molecule has 1 atom stereocenters. The van der Waals surface area contributed by atoms with E-state index in [4.69, 9.17) is 0 Å².